The van der Waals surface area contributed by atoms with Crippen LogP contribution in [0.1, 0.15) is 38.5 Å². The molecular formula is C21H23N3O4. The molecule has 1 aromatic carbocycles. The quantitative estimate of drug-likeness (QED) is 0.798. The molecule has 4 bridgehead atoms. The molecule has 4 aliphatic carbocycles. The Labute approximate surface area is 162 Å². The topological polar surface area (TPSA) is 94.3 Å². The fourth-order valence-electron chi connectivity index (χ4n) is 5.77. The molecule has 0 saturated heterocycles. The third-order valence-corrected chi connectivity index (χ3v) is 6.50. The lowest BCUT2D eigenvalue weighted by molar-refractivity contribution is -0.172. The van der Waals surface area contributed by atoms with Crippen LogP contribution >= 0.6 is 0 Å². The summed E-state index contributed by atoms with van der Waals surface area (Å²) in [5.41, 5.74) is 0.406. The van der Waals surface area contributed by atoms with Crippen molar-refractivity contribution in [2.75, 3.05) is 11.9 Å². The summed E-state index contributed by atoms with van der Waals surface area (Å²) in [4.78, 5) is 25.0. The van der Waals surface area contributed by atoms with Gasteiger partial charge in [0.25, 0.3) is 5.91 Å². The van der Waals surface area contributed by atoms with E-state index >= 15 is 0 Å². The van der Waals surface area contributed by atoms with Crippen LogP contribution in [-0.4, -0.2) is 28.7 Å². The second-order valence-electron chi connectivity index (χ2n) is 8.60. The molecule has 0 spiro atoms. The molecule has 0 radical (unpaired) electrons. The van der Waals surface area contributed by atoms with Gasteiger partial charge in [0, 0.05) is 5.56 Å². The van der Waals surface area contributed by atoms with Crippen molar-refractivity contribution >= 4 is 17.9 Å². The van der Waals surface area contributed by atoms with Gasteiger partial charge < -0.3 is 9.15 Å². The average Bonchev–Trinajstić information content (AvgIpc) is 3.14. The number of nitrogens with one attached hydrogen (secondary N) is 1. The number of hydrogen-bond donors (Lipinski definition) is 1. The Balaban J connectivity index is 1.17. The summed E-state index contributed by atoms with van der Waals surface area (Å²) in [6, 6.07) is 9.29. The molecule has 0 aliphatic heterocycles. The van der Waals surface area contributed by atoms with Crippen LogP contribution in [-0.2, 0) is 14.3 Å². The van der Waals surface area contributed by atoms with E-state index in [1.807, 2.05) is 30.3 Å². The Bertz CT molecular complexity index is 857. The number of hydrogen-bond acceptors (Lipinski definition) is 6. The monoisotopic (exact) mass is 381 g/mol. The van der Waals surface area contributed by atoms with Crippen molar-refractivity contribution in [2.45, 2.75) is 38.5 Å². The van der Waals surface area contributed by atoms with Gasteiger partial charge in [-0.1, -0.05) is 23.3 Å². The summed E-state index contributed by atoms with van der Waals surface area (Å²) >= 11 is 0. The SMILES string of the molecule is O=C(COC(=O)C12CC3CC(CC(C3)C1)C2)Nc1nnc(-c2ccccc2)o1. The number of anilines is 1. The fraction of sp³-hybridized carbons (Fsp3) is 0.524. The highest BCUT2D eigenvalue weighted by Gasteiger charge is 2.55. The van der Waals surface area contributed by atoms with Crippen LogP contribution in [0.5, 0.6) is 0 Å². The molecule has 1 N–H and O–H groups in total. The number of aromatic nitrogens is 2. The second-order valence-corrected chi connectivity index (χ2v) is 8.60. The van der Waals surface area contributed by atoms with Crippen LogP contribution in [0.3, 0.4) is 0 Å². The van der Waals surface area contributed by atoms with Crippen molar-refractivity contribution in [3.8, 4) is 11.5 Å². The number of ether oxygens (including phenoxy) is 1. The number of amides is 1. The minimum absolute atomic E-state index is 0.00490. The molecule has 28 heavy (non-hydrogen) atoms. The van der Waals surface area contributed by atoms with E-state index in [-0.39, 0.29) is 24.0 Å². The van der Waals surface area contributed by atoms with E-state index in [1.54, 1.807) is 0 Å². The van der Waals surface area contributed by atoms with E-state index in [2.05, 4.69) is 15.5 Å². The molecular weight excluding hydrogens is 358 g/mol. The first-order valence-corrected chi connectivity index (χ1v) is 9.96. The van der Waals surface area contributed by atoms with Crippen molar-refractivity contribution in [2.24, 2.45) is 23.2 Å². The lowest BCUT2D eigenvalue weighted by atomic mass is 9.49. The van der Waals surface area contributed by atoms with Gasteiger partial charge in [-0.3, -0.25) is 14.9 Å². The Morgan fingerprint density at radius 2 is 1.68 bits per heavy atom. The third kappa shape index (κ3) is 3.19. The summed E-state index contributed by atoms with van der Waals surface area (Å²) in [7, 11) is 0. The van der Waals surface area contributed by atoms with Crippen LogP contribution in [0, 0.1) is 23.2 Å². The van der Waals surface area contributed by atoms with Gasteiger partial charge in [0.2, 0.25) is 5.89 Å². The van der Waals surface area contributed by atoms with E-state index < -0.39 is 5.91 Å². The van der Waals surface area contributed by atoms with Crippen molar-refractivity contribution in [1.82, 2.24) is 10.2 Å². The molecule has 4 saturated carbocycles. The smallest absolute Gasteiger partial charge is 0.322 e. The Morgan fingerprint density at radius 1 is 1.04 bits per heavy atom. The maximum Gasteiger partial charge on any atom is 0.322 e. The molecule has 1 aromatic heterocycles. The highest BCUT2D eigenvalue weighted by atomic mass is 16.5. The van der Waals surface area contributed by atoms with E-state index in [1.165, 1.54) is 19.3 Å². The molecule has 4 aliphatic rings. The summed E-state index contributed by atoms with van der Waals surface area (Å²) in [5.74, 6) is 1.60. The summed E-state index contributed by atoms with van der Waals surface area (Å²) in [6.45, 7) is -0.330. The zero-order chi connectivity index (χ0) is 19.1. The van der Waals surface area contributed by atoms with Crippen LogP contribution < -0.4 is 5.32 Å². The second kappa shape index (κ2) is 6.72. The maximum absolute atomic E-state index is 12.8. The number of benzene rings is 1. The zero-order valence-corrected chi connectivity index (χ0v) is 15.6. The molecule has 4 fully saturated rings. The average molecular weight is 381 g/mol. The number of carbonyl (C=O) groups is 2. The Hall–Kier alpha value is -2.70. The number of nitrogens with zero attached hydrogens (tertiary/aromatic N) is 2. The zero-order valence-electron chi connectivity index (χ0n) is 15.6. The van der Waals surface area contributed by atoms with Gasteiger partial charge in [0.05, 0.1) is 5.41 Å². The molecule has 7 heteroatoms. The van der Waals surface area contributed by atoms with Gasteiger partial charge in [-0.15, -0.1) is 5.10 Å². The van der Waals surface area contributed by atoms with E-state index in [0.29, 0.717) is 23.6 Å². The number of rotatable bonds is 5. The van der Waals surface area contributed by atoms with Gasteiger partial charge in [-0.2, -0.15) is 0 Å². The third-order valence-electron chi connectivity index (χ3n) is 6.50. The van der Waals surface area contributed by atoms with Crippen LogP contribution in [0.2, 0.25) is 0 Å². The molecule has 2 aromatic rings. The number of carbonyl (C=O) groups excluding carboxylic acids is 2. The van der Waals surface area contributed by atoms with Crippen LogP contribution in [0.15, 0.2) is 34.7 Å². The molecule has 6 rings (SSSR count). The largest absolute Gasteiger partial charge is 0.455 e. The molecule has 7 nitrogen and oxygen atoms in total. The van der Waals surface area contributed by atoms with E-state index in [9.17, 15) is 9.59 Å². The molecule has 1 heterocycles. The first-order chi connectivity index (χ1) is 13.6. The molecule has 1 amide bonds. The first-order valence-electron chi connectivity index (χ1n) is 9.96. The van der Waals surface area contributed by atoms with Crippen molar-refractivity contribution in [3.63, 3.8) is 0 Å². The minimum atomic E-state index is -0.471. The van der Waals surface area contributed by atoms with Gasteiger partial charge in [0.15, 0.2) is 6.61 Å². The first kappa shape index (κ1) is 17.4. The van der Waals surface area contributed by atoms with Crippen molar-refractivity contribution < 1.29 is 18.7 Å². The van der Waals surface area contributed by atoms with Gasteiger partial charge >= 0.3 is 12.0 Å². The Morgan fingerprint density at radius 3 is 2.32 bits per heavy atom. The summed E-state index contributed by atoms with van der Waals surface area (Å²) in [6.07, 6.45) is 6.53. The lowest BCUT2D eigenvalue weighted by Crippen LogP contribution is -2.50. The van der Waals surface area contributed by atoms with Gasteiger partial charge in [-0.25, -0.2) is 0 Å². The van der Waals surface area contributed by atoms with Gasteiger partial charge in [0.1, 0.15) is 0 Å². The molecule has 146 valence electrons. The molecule has 0 atom stereocenters. The van der Waals surface area contributed by atoms with E-state index in [0.717, 1.165) is 24.8 Å². The fourth-order valence-corrected chi connectivity index (χ4v) is 5.77. The van der Waals surface area contributed by atoms with Crippen molar-refractivity contribution in [3.05, 3.63) is 30.3 Å². The normalized spacial score (nSPS) is 30.2. The highest BCUT2D eigenvalue weighted by Crippen LogP contribution is 2.60. The van der Waals surface area contributed by atoms with Crippen LogP contribution in [0.25, 0.3) is 11.5 Å². The van der Waals surface area contributed by atoms with E-state index in [4.69, 9.17) is 9.15 Å². The van der Waals surface area contributed by atoms with Crippen molar-refractivity contribution in [1.29, 1.82) is 0 Å². The van der Waals surface area contributed by atoms with Crippen LogP contribution in [0.4, 0.5) is 6.01 Å². The summed E-state index contributed by atoms with van der Waals surface area (Å²) < 4.78 is 10.9. The maximum atomic E-state index is 12.8. The Kier molecular flexibility index (Phi) is 4.18. The predicted molar refractivity (Wildman–Crippen MR) is 99.9 cm³/mol. The summed E-state index contributed by atoms with van der Waals surface area (Å²) in [5, 5.41) is 10.3. The standard InChI is InChI=1S/C21H23N3O4/c25-17(22-20-24-23-18(28-20)16-4-2-1-3-5-16)12-27-19(26)21-9-13-6-14(10-21)8-15(7-13)11-21/h1-5,13-15H,6-12H2,(H,22,24,25). The predicted octanol–water partition coefficient (Wildman–Crippen LogP) is 3.43. The minimum Gasteiger partial charge on any atom is -0.455 e. The number of esters is 1. The highest BCUT2D eigenvalue weighted by molar-refractivity contribution is 5.91. The van der Waals surface area contributed by atoms with Gasteiger partial charge in [-0.05, 0) is 68.4 Å². The molecule has 0 unspecified atom stereocenters. The lowest BCUT2D eigenvalue weighted by Gasteiger charge is -2.55.